The summed E-state index contributed by atoms with van der Waals surface area (Å²) in [4.78, 5) is 24.5. The van der Waals surface area contributed by atoms with Gasteiger partial charge in [-0.2, -0.15) is 0 Å². The summed E-state index contributed by atoms with van der Waals surface area (Å²) in [7, 11) is 0. The molecule has 2 amide bonds. The molecule has 3 rings (SSSR count). The van der Waals surface area contributed by atoms with Crippen LogP contribution in [0, 0.1) is 0 Å². The molecule has 1 atom stereocenters. The van der Waals surface area contributed by atoms with Crippen LogP contribution >= 0.6 is 0 Å². The number of amides is 2. The Morgan fingerprint density at radius 1 is 1.21 bits per heavy atom. The quantitative estimate of drug-likeness (QED) is 0.539. The first kappa shape index (κ1) is 19.7. The molecule has 148 valence electrons. The maximum atomic E-state index is 11.7. The molecule has 0 radical (unpaired) electrons. The first-order valence-corrected chi connectivity index (χ1v) is 9.34. The molecule has 1 unspecified atom stereocenters. The molecule has 1 aliphatic rings. The van der Waals surface area contributed by atoms with Crippen molar-refractivity contribution in [2.24, 2.45) is 0 Å². The molecule has 0 spiro atoms. The molecule has 7 nitrogen and oxygen atoms in total. The van der Waals surface area contributed by atoms with Gasteiger partial charge in [-0.05, 0) is 23.3 Å². The highest BCUT2D eigenvalue weighted by molar-refractivity contribution is 5.67. The zero-order valence-corrected chi connectivity index (χ0v) is 15.7. The van der Waals surface area contributed by atoms with Crippen LogP contribution in [0.25, 0.3) is 0 Å². The molecule has 1 fully saturated rings. The first-order chi connectivity index (χ1) is 13.7. The summed E-state index contributed by atoms with van der Waals surface area (Å²) in [5.74, 6) is 0.724. The van der Waals surface area contributed by atoms with E-state index in [1.165, 1.54) is 0 Å². The highest BCUT2D eigenvalue weighted by atomic mass is 16.5. The second-order valence-corrected chi connectivity index (χ2v) is 6.52. The minimum absolute atomic E-state index is 0.0913. The summed E-state index contributed by atoms with van der Waals surface area (Å²) in [6.07, 6.45) is 0.415. The highest BCUT2D eigenvalue weighted by Crippen LogP contribution is 2.21. The van der Waals surface area contributed by atoms with E-state index >= 15 is 0 Å². The van der Waals surface area contributed by atoms with Crippen LogP contribution in [0.1, 0.15) is 17.2 Å². The molecule has 7 heteroatoms. The Hall–Kier alpha value is -3.06. The minimum atomic E-state index is -0.471. The molecule has 2 aromatic rings. The van der Waals surface area contributed by atoms with Gasteiger partial charge >= 0.3 is 6.09 Å². The van der Waals surface area contributed by atoms with Crippen molar-refractivity contribution in [3.8, 4) is 5.75 Å². The largest absolute Gasteiger partial charge is 0.492 e. The smallest absolute Gasteiger partial charge is 0.407 e. The lowest BCUT2D eigenvalue weighted by Crippen LogP contribution is -2.44. The molecule has 0 saturated carbocycles. The van der Waals surface area contributed by atoms with E-state index in [-0.39, 0.29) is 12.6 Å². The Morgan fingerprint density at radius 3 is 2.89 bits per heavy atom. The highest BCUT2D eigenvalue weighted by Gasteiger charge is 2.19. The number of ether oxygens (including phenoxy) is 2. The normalized spacial score (nSPS) is 16.3. The van der Waals surface area contributed by atoms with Gasteiger partial charge in [0.05, 0.1) is 12.6 Å². The fourth-order valence-electron chi connectivity index (χ4n) is 3.01. The monoisotopic (exact) mass is 383 g/mol. The van der Waals surface area contributed by atoms with E-state index in [0.717, 1.165) is 36.4 Å². The van der Waals surface area contributed by atoms with Gasteiger partial charge in [-0.15, -0.1) is 0 Å². The Bertz CT molecular complexity index is 769. The van der Waals surface area contributed by atoms with Crippen LogP contribution in [0.5, 0.6) is 5.75 Å². The number of alkyl carbamates (subject to hydrolysis) is 1. The Morgan fingerprint density at radius 2 is 2.07 bits per heavy atom. The van der Waals surface area contributed by atoms with Crippen LogP contribution < -0.4 is 15.4 Å². The van der Waals surface area contributed by atoms with Crippen LogP contribution in [0.2, 0.25) is 0 Å². The van der Waals surface area contributed by atoms with Gasteiger partial charge in [-0.3, -0.25) is 4.79 Å². The second kappa shape index (κ2) is 10.3. The van der Waals surface area contributed by atoms with Crippen molar-refractivity contribution in [3.63, 3.8) is 0 Å². The van der Waals surface area contributed by atoms with Crippen LogP contribution in [0.4, 0.5) is 4.79 Å². The average Bonchev–Trinajstić information content (AvgIpc) is 2.76. The number of nitrogens with one attached hydrogen (secondary N) is 2. The van der Waals surface area contributed by atoms with Crippen molar-refractivity contribution < 1.29 is 19.1 Å². The molecule has 1 heterocycles. The van der Waals surface area contributed by atoms with Crippen LogP contribution in [0.3, 0.4) is 0 Å². The molecular formula is C21H25N3O4. The molecule has 1 saturated heterocycles. The Kier molecular flexibility index (Phi) is 7.26. The zero-order valence-electron chi connectivity index (χ0n) is 15.7. The van der Waals surface area contributed by atoms with E-state index in [1.54, 1.807) is 4.90 Å². The van der Waals surface area contributed by atoms with E-state index in [1.807, 2.05) is 54.6 Å². The molecule has 2 N–H and O–H groups in total. The lowest BCUT2D eigenvalue weighted by atomic mass is 10.0. The predicted molar refractivity (Wildman–Crippen MR) is 105 cm³/mol. The summed E-state index contributed by atoms with van der Waals surface area (Å²) >= 11 is 0. The van der Waals surface area contributed by atoms with E-state index < -0.39 is 6.09 Å². The molecule has 1 aliphatic heterocycles. The SMILES string of the molecule is O=CN1CCNC(c2cccc(OCCNC(=O)OCc3ccccc3)c2)C1. The number of hydrogen-bond donors (Lipinski definition) is 2. The second-order valence-electron chi connectivity index (χ2n) is 6.52. The zero-order chi connectivity index (χ0) is 19.6. The molecule has 0 bridgehead atoms. The van der Waals surface area contributed by atoms with Crippen molar-refractivity contribution in [1.29, 1.82) is 0 Å². The van der Waals surface area contributed by atoms with Gasteiger partial charge in [-0.25, -0.2) is 4.79 Å². The maximum absolute atomic E-state index is 11.7. The van der Waals surface area contributed by atoms with Crippen molar-refractivity contribution in [1.82, 2.24) is 15.5 Å². The molecular weight excluding hydrogens is 358 g/mol. The fourth-order valence-corrected chi connectivity index (χ4v) is 3.01. The standard InChI is InChI=1S/C21H25N3O4/c25-16-24-11-9-22-20(14-24)18-7-4-8-19(13-18)27-12-10-23-21(26)28-15-17-5-2-1-3-6-17/h1-8,13,16,20,22H,9-12,14-15H2,(H,23,26). The summed E-state index contributed by atoms with van der Waals surface area (Å²) in [5.41, 5.74) is 2.01. The lowest BCUT2D eigenvalue weighted by Gasteiger charge is -2.31. The fraction of sp³-hybridized carbons (Fsp3) is 0.333. The van der Waals surface area contributed by atoms with Crippen LogP contribution in [-0.2, 0) is 16.1 Å². The summed E-state index contributed by atoms with van der Waals surface area (Å²) in [6, 6.07) is 17.4. The van der Waals surface area contributed by atoms with Gasteiger partial charge in [0.2, 0.25) is 6.41 Å². The van der Waals surface area contributed by atoms with Crippen molar-refractivity contribution in [2.45, 2.75) is 12.6 Å². The minimum Gasteiger partial charge on any atom is -0.492 e. The van der Waals surface area contributed by atoms with E-state index in [9.17, 15) is 9.59 Å². The van der Waals surface area contributed by atoms with Crippen molar-refractivity contribution >= 4 is 12.5 Å². The third-order valence-electron chi connectivity index (χ3n) is 4.47. The molecule has 28 heavy (non-hydrogen) atoms. The summed E-state index contributed by atoms with van der Waals surface area (Å²) < 4.78 is 10.9. The molecule has 2 aromatic carbocycles. The van der Waals surface area contributed by atoms with Crippen molar-refractivity contribution in [3.05, 3.63) is 65.7 Å². The van der Waals surface area contributed by atoms with Crippen molar-refractivity contribution in [2.75, 3.05) is 32.8 Å². The third kappa shape index (κ3) is 5.99. The van der Waals surface area contributed by atoms with E-state index in [4.69, 9.17) is 9.47 Å². The van der Waals surface area contributed by atoms with E-state index in [0.29, 0.717) is 19.7 Å². The topological polar surface area (TPSA) is 79.9 Å². The summed E-state index contributed by atoms with van der Waals surface area (Å²) in [5, 5.41) is 6.08. The number of carbonyl (C=O) groups is 2. The van der Waals surface area contributed by atoms with Gasteiger partial charge in [0.25, 0.3) is 0 Å². The summed E-state index contributed by atoms with van der Waals surface area (Å²) in [6.45, 7) is 3.05. The number of hydrogen-bond acceptors (Lipinski definition) is 5. The number of nitrogens with zero attached hydrogens (tertiary/aromatic N) is 1. The Balaban J connectivity index is 1.39. The van der Waals surface area contributed by atoms with Gasteiger partial charge in [0, 0.05) is 19.6 Å². The number of piperazine rings is 1. The van der Waals surface area contributed by atoms with Gasteiger partial charge < -0.3 is 25.0 Å². The number of carbonyl (C=O) groups excluding carboxylic acids is 2. The first-order valence-electron chi connectivity index (χ1n) is 9.34. The van der Waals surface area contributed by atoms with E-state index in [2.05, 4.69) is 10.6 Å². The van der Waals surface area contributed by atoms with Crippen LogP contribution in [0.15, 0.2) is 54.6 Å². The van der Waals surface area contributed by atoms with Crippen LogP contribution in [-0.4, -0.2) is 50.2 Å². The molecule has 0 aliphatic carbocycles. The molecule has 0 aromatic heterocycles. The number of rotatable bonds is 8. The third-order valence-corrected chi connectivity index (χ3v) is 4.47. The van der Waals surface area contributed by atoms with Gasteiger partial charge in [-0.1, -0.05) is 42.5 Å². The number of benzene rings is 2. The Labute approximate surface area is 164 Å². The average molecular weight is 383 g/mol. The van der Waals surface area contributed by atoms with Gasteiger partial charge in [0.15, 0.2) is 0 Å². The predicted octanol–water partition coefficient (Wildman–Crippen LogP) is 2.09. The lowest BCUT2D eigenvalue weighted by molar-refractivity contribution is -0.119. The van der Waals surface area contributed by atoms with Gasteiger partial charge in [0.1, 0.15) is 19.0 Å². The maximum Gasteiger partial charge on any atom is 0.407 e.